The van der Waals surface area contributed by atoms with Gasteiger partial charge in [-0.3, -0.25) is 0 Å². The van der Waals surface area contributed by atoms with Crippen molar-refractivity contribution in [3.05, 3.63) is 68.8 Å². The van der Waals surface area contributed by atoms with Crippen molar-refractivity contribution in [2.75, 3.05) is 6.54 Å². The van der Waals surface area contributed by atoms with E-state index in [9.17, 15) is 13.9 Å². The highest BCUT2D eigenvalue weighted by molar-refractivity contribution is 14.1. The lowest BCUT2D eigenvalue weighted by Gasteiger charge is -2.12. The van der Waals surface area contributed by atoms with Crippen molar-refractivity contribution >= 4 is 22.6 Å². The Morgan fingerprint density at radius 1 is 1.05 bits per heavy atom. The number of aryl methyl sites for hydroxylation is 1. The summed E-state index contributed by atoms with van der Waals surface area (Å²) in [5.74, 6) is -1.16. The number of benzene rings is 2. The average molecular weight is 417 g/mol. The number of halogens is 3. The van der Waals surface area contributed by atoms with Crippen LogP contribution in [0.15, 0.2) is 42.5 Å². The zero-order valence-corrected chi connectivity index (χ0v) is 14.2. The van der Waals surface area contributed by atoms with E-state index in [2.05, 4.69) is 34.0 Å². The first kappa shape index (κ1) is 17.3. The molecule has 0 saturated carbocycles. The summed E-state index contributed by atoms with van der Waals surface area (Å²) in [4.78, 5) is 0. The fourth-order valence-electron chi connectivity index (χ4n) is 2.22. The summed E-state index contributed by atoms with van der Waals surface area (Å²) in [5.41, 5.74) is 1.72. The second kappa shape index (κ2) is 8.55. The van der Waals surface area contributed by atoms with Gasteiger partial charge in [0.1, 0.15) is 11.6 Å². The quantitative estimate of drug-likeness (QED) is 0.675. The van der Waals surface area contributed by atoms with E-state index in [0.29, 0.717) is 31.5 Å². The minimum Gasteiger partial charge on any atom is -0.392 e. The second-order valence-corrected chi connectivity index (χ2v) is 6.48. The van der Waals surface area contributed by atoms with Crippen LogP contribution in [-0.4, -0.2) is 17.8 Å². The number of aliphatic hydroxyl groups excluding tert-OH is 1. The van der Waals surface area contributed by atoms with Crippen LogP contribution >= 0.6 is 22.6 Å². The molecule has 0 aliphatic heterocycles. The van der Waals surface area contributed by atoms with Crippen molar-refractivity contribution in [1.29, 1.82) is 0 Å². The maximum atomic E-state index is 13.1. The Bertz CT molecular complexity index is 601. The molecule has 2 nitrogen and oxygen atoms in total. The van der Waals surface area contributed by atoms with Crippen LogP contribution in [0.25, 0.3) is 0 Å². The fraction of sp³-hybridized carbons (Fsp3) is 0.294. The van der Waals surface area contributed by atoms with Gasteiger partial charge in [-0.25, -0.2) is 8.78 Å². The van der Waals surface area contributed by atoms with Gasteiger partial charge in [0.15, 0.2) is 0 Å². The Morgan fingerprint density at radius 3 is 2.45 bits per heavy atom. The predicted octanol–water partition coefficient (Wildman–Crippen LogP) is 3.65. The second-order valence-electron chi connectivity index (χ2n) is 5.23. The van der Waals surface area contributed by atoms with Gasteiger partial charge in [-0.15, -0.1) is 0 Å². The molecule has 0 aromatic heterocycles. The molecule has 1 atom stereocenters. The largest absolute Gasteiger partial charge is 0.392 e. The summed E-state index contributed by atoms with van der Waals surface area (Å²) in [7, 11) is 0. The standard InChI is InChI=1S/C17H18F2INO/c18-14-6-12(7-15(19)9-14)4-5-17(22)11-21-10-13-2-1-3-16(20)8-13/h1-3,6-9,17,21-22H,4-5,10-11H2. The minimum atomic E-state index is -0.582. The van der Waals surface area contributed by atoms with Gasteiger partial charge < -0.3 is 10.4 Å². The molecule has 1 unspecified atom stereocenters. The third-order valence-electron chi connectivity index (χ3n) is 3.29. The van der Waals surface area contributed by atoms with Gasteiger partial charge in [0, 0.05) is 22.7 Å². The third-order valence-corrected chi connectivity index (χ3v) is 3.96. The summed E-state index contributed by atoms with van der Waals surface area (Å²) in [5, 5.41) is 13.1. The summed E-state index contributed by atoms with van der Waals surface area (Å²) in [6.07, 6.45) is 0.359. The molecule has 0 aliphatic rings. The highest BCUT2D eigenvalue weighted by Crippen LogP contribution is 2.11. The monoisotopic (exact) mass is 417 g/mol. The number of nitrogens with one attached hydrogen (secondary N) is 1. The van der Waals surface area contributed by atoms with Crippen molar-refractivity contribution < 1.29 is 13.9 Å². The zero-order chi connectivity index (χ0) is 15.9. The van der Waals surface area contributed by atoms with Crippen molar-refractivity contribution in [3.8, 4) is 0 Å². The van der Waals surface area contributed by atoms with E-state index in [1.165, 1.54) is 15.7 Å². The molecule has 0 heterocycles. The lowest BCUT2D eigenvalue weighted by molar-refractivity contribution is 0.161. The topological polar surface area (TPSA) is 32.3 Å². The van der Waals surface area contributed by atoms with Crippen LogP contribution in [-0.2, 0) is 13.0 Å². The number of rotatable bonds is 7. The molecule has 22 heavy (non-hydrogen) atoms. The number of hydrogen-bond donors (Lipinski definition) is 2. The maximum absolute atomic E-state index is 13.1. The van der Waals surface area contributed by atoms with Gasteiger partial charge in [0.2, 0.25) is 0 Å². The normalized spacial score (nSPS) is 12.4. The summed E-state index contributed by atoms with van der Waals surface area (Å²) in [6.45, 7) is 1.13. The maximum Gasteiger partial charge on any atom is 0.126 e. The van der Waals surface area contributed by atoms with E-state index in [-0.39, 0.29) is 0 Å². The van der Waals surface area contributed by atoms with E-state index in [1.807, 2.05) is 18.2 Å². The highest BCUT2D eigenvalue weighted by atomic mass is 127. The van der Waals surface area contributed by atoms with E-state index >= 15 is 0 Å². The smallest absolute Gasteiger partial charge is 0.126 e. The molecule has 118 valence electrons. The Morgan fingerprint density at radius 2 is 1.77 bits per heavy atom. The number of hydrogen-bond acceptors (Lipinski definition) is 2. The zero-order valence-electron chi connectivity index (χ0n) is 12.0. The van der Waals surface area contributed by atoms with Gasteiger partial charge >= 0.3 is 0 Å². The van der Waals surface area contributed by atoms with Crippen LogP contribution in [0, 0.1) is 15.2 Å². The van der Waals surface area contributed by atoms with Crippen molar-refractivity contribution in [2.45, 2.75) is 25.5 Å². The SMILES string of the molecule is OC(CCc1cc(F)cc(F)c1)CNCc1cccc(I)c1. The van der Waals surface area contributed by atoms with Crippen LogP contribution in [0.3, 0.4) is 0 Å². The third kappa shape index (κ3) is 5.98. The van der Waals surface area contributed by atoms with Crippen molar-refractivity contribution in [1.82, 2.24) is 5.32 Å². The van der Waals surface area contributed by atoms with Gasteiger partial charge in [0.05, 0.1) is 6.10 Å². The van der Waals surface area contributed by atoms with Gasteiger partial charge in [0.25, 0.3) is 0 Å². The lowest BCUT2D eigenvalue weighted by Crippen LogP contribution is -2.26. The molecule has 0 radical (unpaired) electrons. The molecular formula is C17H18F2INO. The molecule has 5 heteroatoms. The van der Waals surface area contributed by atoms with E-state index in [1.54, 1.807) is 0 Å². The molecule has 0 fully saturated rings. The predicted molar refractivity (Wildman–Crippen MR) is 91.6 cm³/mol. The van der Waals surface area contributed by atoms with E-state index in [4.69, 9.17) is 0 Å². The first-order chi connectivity index (χ1) is 10.5. The first-order valence-electron chi connectivity index (χ1n) is 7.11. The van der Waals surface area contributed by atoms with Gasteiger partial charge in [-0.1, -0.05) is 12.1 Å². The van der Waals surface area contributed by atoms with Crippen LogP contribution < -0.4 is 5.32 Å². The Kier molecular flexibility index (Phi) is 6.72. The van der Waals surface area contributed by atoms with E-state index in [0.717, 1.165) is 11.6 Å². The molecule has 2 aromatic rings. The summed E-state index contributed by atoms with van der Waals surface area (Å²) < 4.78 is 27.3. The van der Waals surface area contributed by atoms with Gasteiger partial charge in [-0.05, 0) is 70.8 Å². The van der Waals surface area contributed by atoms with Gasteiger partial charge in [-0.2, -0.15) is 0 Å². The first-order valence-corrected chi connectivity index (χ1v) is 8.19. The lowest BCUT2D eigenvalue weighted by atomic mass is 10.1. The Hall–Kier alpha value is -1.05. The summed E-state index contributed by atoms with van der Waals surface area (Å²) in [6, 6.07) is 11.6. The molecule has 2 aromatic carbocycles. The molecular weight excluding hydrogens is 399 g/mol. The molecule has 0 aliphatic carbocycles. The minimum absolute atomic E-state index is 0.445. The molecule has 0 spiro atoms. The molecule has 0 saturated heterocycles. The van der Waals surface area contributed by atoms with Crippen molar-refractivity contribution in [3.63, 3.8) is 0 Å². The van der Waals surface area contributed by atoms with Crippen LogP contribution in [0.1, 0.15) is 17.5 Å². The number of aliphatic hydroxyl groups is 1. The van der Waals surface area contributed by atoms with Crippen LogP contribution in [0.4, 0.5) is 8.78 Å². The summed E-state index contributed by atoms with van der Waals surface area (Å²) >= 11 is 2.26. The fourth-order valence-corrected chi connectivity index (χ4v) is 2.83. The molecule has 2 rings (SSSR count). The van der Waals surface area contributed by atoms with Crippen LogP contribution in [0.2, 0.25) is 0 Å². The molecule has 0 amide bonds. The molecule has 2 N–H and O–H groups in total. The Labute approximate surface area is 142 Å². The van der Waals surface area contributed by atoms with Crippen molar-refractivity contribution in [2.24, 2.45) is 0 Å². The molecule has 0 bridgehead atoms. The average Bonchev–Trinajstić information content (AvgIpc) is 2.44. The highest BCUT2D eigenvalue weighted by Gasteiger charge is 2.06. The van der Waals surface area contributed by atoms with Crippen LogP contribution in [0.5, 0.6) is 0 Å². The Balaban J connectivity index is 1.72. The van der Waals surface area contributed by atoms with E-state index < -0.39 is 17.7 Å².